The number of esters is 1. The zero-order valence-electron chi connectivity index (χ0n) is 13.1. The Kier molecular flexibility index (Phi) is 5.93. The van der Waals surface area contributed by atoms with E-state index in [1.54, 1.807) is 18.2 Å². The van der Waals surface area contributed by atoms with Crippen LogP contribution in [0.15, 0.2) is 30.3 Å². The van der Waals surface area contributed by atoms with Gasteiger partial charge in [0.2, 0.25) is 0 Å². The first-order valence-electron chi connectivity index (χ1n) is 7.46. The summed E-state index contributed by atoms with van der Waals surface area (Å²) in [4.78, 5) is 28.0. The van der Waals surface area contributed by atoms with Gasteiger partial charge in [0.25, 0.3) is 5.91 Å². The lowest BCUT2D eigenvalue weighted by atomic mass is 10.1. The Labute approximate surface area is 140 Å². The molecule has 0 aliphatic heterocycles. The van der Waals surface area contributed by atoms with Crippen molar-refractivity contribution in [2.45, 2.75) is 20.3 Å². The average molecular weight is 335 g/mol. The van der Waals surface area contributed by atoms with Gasteiger partial charge in [0.15, 0.2) is 6.61 Å². The van der Waals surface area contributed by atoms with Crippen LogP contribution in [0.2, 0.25) is 5.15 Å². The molecule has 2 rings (SSSR count). The van der Waals surface area contributed by atoms with E-state index < -0.39 is 5.97 Å². The van der Waals surface area contributed by atoms with Crippen LogP contribution in [0.1, 0.15) is 30.6 Å². The molecule has 5 nitrogen and oxygen atoms in total. The predicted octanol–water partition coefficient (Wildman–Crippen LogP) is 3.21. The smallest absolute Gasteiger partial charge is 0.339 e. The lowest BCUT2D eigenvalue weighted by Crippen LogP contribution is -2.30. The first-order valence-corrected chi connectivity index (χ1v) is 7.84. The third-order valence-corrected chi connectivity index (χ3v) is 3.48. The maximum Gasteiger partial charge on any atom is 0.339 e. The maximum absolute atomic E-state index is 12.2. The summed E-state index contributed by atoms with van der Waals surface area (Å²) in [5, 5.41) is 3.56. The van der Waals surface area contributed by atoms with Crippen LogP contribution >= 0.6 is 11.6 Å². The van der Waals surface area contributed by atoms with Crippen molar-refractivity contribution in [1.82, 2.24) is 10.3 Å². The number of benzene rings is 1. The van der Waals surface area contributed by atoms with Crippen LogP contribution in [0.5, 0.6) is 0 Å². The number of amides is 1. The van der Waals surface area contributed by atoms with Gasteiger partial charge in [-0.25, -0.2) is 9.78 Å². The van der Waals surface area contributed by atoms with Crippen molar-refractivity contribution in [3.8, 4) is 0 Å². The Balaban J connectivity index is 2.00. The summed E-state index contributed by atoms with van der Waals surface area (Å²) in [6.07, 6.45) is 0.879. The lowest BCUT2D eigenvalue weighted by molar-refractivity contribution is -0.124. The molecular weight excluding hydrogens is 316 g/mol. The number of hydrogen-bond acceptors (Lipinski definition) is 4. The number of carbonyl (C=O) groups excluding carboxylic acids is 2. The summed E-state index contributed by atoms with van der Waals surface area (Å²) in [5.41, 5.74) is 0.906. The second kappa shape index (κ2) is 7.92. The highest BCUT2D eigenvalue weighted by atomic mass is 35.5. The number of hydrogen-bond donors (Lipinski definition) is 1. The quantitative estimate of drug-likeness (QED) is 0.650. The molecule has 1 N–H and O–H groups in total. The van der Waals surface area contributed by atoms with E-state index in [1.807, 2.05) is 6.07 Å². The summed E-state index contributed by atoms with van der Waals surface area (Å²) in [6, 6.07) is 8.58. The monoisotopic (exact) mass is 334 g/mol. The lowest BCUT2D eigenvalue weighted by Gasteiger charge is -2.09. The summed E-state index contributed by atoms with van der Waals surface area (Å²) in [5.74, 6) is -0.406. The summed E-state index contributed by atoms with van der Waals surface area (Å²) in [7, 11) is 0. The summed E-state index contributed by atoms with van der Waals surface area (Å²) >= 11 is 5.93. The van der Waals surface area contributed by atoms with Gasteiger partial charge in [-0.15, -0.1) is 0 Å². The molecule has 0 bridgehead atoms. The number of para-hydroxylation sites is 1. The number of ether oxygens (including phenoxy) is 1. The summed E-state index contributed by atoms with van der Waals surface area (Å²) < 4.78 is 5.07. The molecule has 1 amide bonds. The Morgan fingerprint density at radius 2 is 2.04 bits per heavy atom. The van der Waals surface area contributed by atoms with E-state index in [4.69, 9.17) is 16.3 Å². The molecule has 0 radical (unpaired) electrons. The molecular formula is C17H19ClN2O3. The third-order valence-electron chi connectivity index (χ3n) is 3.28. The highest BCUT2D eigenvalue weighted by Gasteiger charge is 2.15. The molecule has 0 aliphatic carbocycles. The molecule has 2 aromatic rings. The largest absolute Gasteiger partial charge is 0.452 e. The van der Waals surface area contributed by atoms with Gasteiger partial charge in [-0.1, -0.05) is 43.6 Å². The number of pyridine rings is 1. The van der Waals surface area contributed by atoms with Gasteiger partial charge < -0.3 is 10.1 Å². The van der Waals surface area contributed by atoms with Crippen LogP contribution in [0, 0.1) is 5.92 Å². The van der Waals surface area contributed by atoms with Gasteiger partial charge >= 0.3 is 5.97 Å². The van der Waals surface area contributed by atoms with Crippen molar-refractivity contribution in [2.75, 3.05) is 13.2 Å². The number of nitrogens with zero attached hydrogens (tertiary/aromatic N) is 1. The zero-order valence-corrected chi connectivity index (χ0v) is 13.9. The minimum absolute atomic E-state index is 0.206. The minimum Gasteiger partial charge on any atom is -0.452 e. The maximum atomic E-state index is 12.2. The molecule has 0 atom stereocenters. The first kappa shape index (κ1) is 17.2. The van der Waals surface area contributed by atoms with E-state index in [0.717, 1.165) is 6.42 Å². The van der Waals surface area contributed by atoms with Gasteiger partial charge in [0.1, 0.15) is 5.15 Å². The van der Waals surface area contributed by atoms with E-state index in [0.29, 0.717) is 28.9 Å². The van der Waals surface area contributed by atoms with Crippen LogP contribution in [-0.4, -0.2) is 30.0 Å². The van der Waals surface area contributed by atoms with Gasteiger partial charge in [0.05, 0.1) is 11.1 Å². The molecule has 1 heterocycles. The molecule has 0 fully saturated rings. The van der Waals surface area contributed by atoms with E-state index in [2.05, 4.69) is 24.1 Å². The Hall–Kier alpha value is -2.14. The van der Waals surface area contributed by atoms with E-state index >= 15 is 0 Å². The molecule has 0 spiro atoms. The second-order valence-corrected chi connectivity index (χ2v) is 6.01. The van der Waals surface area contributed by atoms with Crippen molar-refractivity contribution < 1.29 is 14.3 Å². The Morgan fingerprint density at radius 3 is 2.78 bits per heavy atom. The first-order chi connectivity index (χ1) is 11.0. The number of nitrogens with one attached hydrogen (secondary N) is 1. The molecule has 122 valence electrons. The normalized spacial score (nSPS) is 10.8. The predicted molar refractivity (Wildman–Crippen MR) is 89.5 cm³/mol. The van der Waals surface area contributed by atoms with E-state index in [1.165, 1.54) is 6.07 Å². The van der Waals surface area contributed by atoms with Gasteiger partial charge in [-0.05, 0) is 24.5 Å². The summed E-state index contributed by atoms with van der Waals surface area (Å²) in [6.45, 7) is 4.40. The van der Waals surface area contributed by atoms with E-state index in [-0.39, 0.29) is 17.7 Å². The standard InChI is InChI=1S/C17H19ClN2O3/c1-11(2)7-8-19-16(21)10-23-17(22)13-9-15(18)20-14-6-4-3-5-12(13)14/h3-6,9,11H,7-8,10H2,1-2H3,(H,19,21). The average Bonchev–Trinajstić information content (AvgIpc) is 2.51. The van der Waals surface area contributed by atoms with Crippen LogP contribution in [0.4, 0.5) is 0 Å². The second-order valence-electron chi connectivity index (χ2n) is 5.62. The van der Waals surface area contributed by atoms with Crippen molar-refractivity contribution in [1.29, 1.82) is 0 Å². The van der Waals surface area contributed by atoms with Crippen LogP contribution in [0.3, 0.4) is 0 Å². The molecule has 23 heavy (non-hydrogen) atoms. The number of aromatic nitrogens is 1. The van der Waals surface area contributed by atoms with Crippen LogP contribution < -0.4 is 5.32 Å². The van der Waals surface area contributed by atoms with E-state index in [9.17, 15) is 9.59 Å². The molecule has 0 saturated carbocycles. The molecule has 6 heteroatoms. The van der Waals surface area contributed by atoms with Crippen molar-refractivity contribution in [3.05, 3.63) is 41.0 Å². The number of carbonyl (C=O) groups is 2. The number of rotatable bonds is 6. The topological polar surface area (TPSA) is 68.3 Å². The molecule has 1 aromatic carbocycles. The van der Waals surface area contributed by atoms with Crippen LogP contribution in [0.25, 0.3) is 10.9 Å². The fourth-order valence-electron chi connectivity index (χ4n) is 2.07. The fraction of sp³-hybridized carbons (Fsp3) is 0.353. The highest BCUT2D eigenvalue weighted by Crippen LogP contribution is 2.21. The highest BCUT2D eigenvalue weighted by molar-refractivity contribution is 6.30. The third kappa shape index (κ3) is 4.93. The van der Waals surface area contributed by atoms with Crippen molar-refractivity contribution >= 4 is 34.4 Å². The molecule has 0 unspecified atom stereocenters. The Morgan fingerprint density at radius 1 is 1.30 bits per heavy atom. The van der Waals surface area contributed by atoms with Crippen molar-refractivity contribution in [2.24, 2.45) is 5.92 Å². The fourth-order valence-corrected chi connectivity index (χ4v) is 2.27. The molecule has 0 aliphatic rings. The zero-order chi connectivity index (χ0) is 16.8. The van der Waals surface area contributed by atoms with Gasteiger partial charge in [0, 0.05) is 11.9 Å². The SMILES string of the molecule is CC(C)CCNC(=O)COC(=O)c1cc(Cl)nc2ccccc12. The van der Waals surface area contributed by atoms with Gasteiger partial charge in [-0.3, -0.25) is 4.79 Å². The van der Waals surface area contributed by atoms with Gasteiger partial charge in [-0.2, -0.15) is 0 Å². The minimum atomic E-state index is -0.593. The Bertz CT molecular complexity index is 716. The molecule has 0 saturated heterocycles. The van der Waals surface area contributed by atoms with Crippen LogP contribution in [-0.2, 0) is 9.53 Å². The molecule has 1 aromatic heterocycles. The number of halogens is 1. The number of fused-ring (bicyclic) bond motifs is 1. The van der Waals surface area contributed by atoms with Crippen molar-refractivity contribution in [3.63, 3.8) is 0 Å².